The molecular weight excluding hydrogens is 244 g/mol. The standard InChI is InChI=1S/C9H10Cl2FNO2/c10-3-5(14)4-13-8-1-6(11)7(12)2-9(8)15/h1-2,5,13-15H,3-4H2. The van der Waals surface area contributed by atoms with E-state index in [0.717, 1.165) is 6.07 Å². The number of phenolic OH excluding ortho intramolecular Hbond substituents is 1. The van der Waals surface area contributed by atoms with Crippen LogP contribution < -0.4 is 5.32 Å². The predicted octanol–water partition coefficient (Wildman–Crippen LogP) is 2.20. The second kappa shape index (κ2) is 5.39. The topological polar surface area (TPSA) is 52.5 Å². The molecule has 0 radical (unpaired) electrons. The van der Waals surface area contributed by atoms with Crippen molar-refractivity contribution in [2.24, 2.45) is 0 Å². The van der Waals surface area contributed by atoms with E-state index in [1.807, 2.05) is 0 Å². The second-order valence-corrected chi connectivity index (χ2v) is 3.69. The lowest BCUT2D eigenvalue weighted by Crippen LogP contribution is -2.20. The fraction of sp³-hybridized carbons (Fsp3) is 0.333. The number of alkyl halides is 1. The normalized spacial score (nSPS) is 12.5. The van der Waals surface area contributed by atoms with Crippen LogP contribution >= 0.6 is 23.2 Å². The fourth-order valence-electron chi connectivity index (χ4n) is 0.960. The van der Waals surface area contributed by atoms with Gasteiger partial charge >= 0.3 is 0 Å². The molecule has 1 rings (SSSR count). The summed E-state index contributed by atoms with van der Waals surface area (Å²) < 4.78 is 12.8. The van der Waals surface area contributed by atoms with Crippen LogP contribution in [-0.4, -0.2) is 28.7 Å². The van der Waals surface area contributed by atoms with Gasteiger partial charge in [-0.3, -0.25) is 0 Å². The Morgan fingerprint density at radius 1 is 1.47 bits per heavy atom. The lowest BCUT2D eigenvalue weighted by Gasteiger charge is -2.11. The van der Waals surface area contributed by atoms with Crippen molar-refractivity contribution in [2.45, 2.75) is 6.10 Å². The number of benzene rings is 1. The number of hydrogen-bond donors (Lipinski definition) is 3. The predicted molar refractivity (Wildman–Crippen MR) is 58.3 cm³/mol. The Balaban J connectivity index is 2.73. The first-order valence-corrected chi connectivity index (χ1v) is 5.11. The lowest BCUT2D eigenvalue weighted by atomic mass is 10.2. The van der Waals surface area contributed by atoms with Gasteiger partial charge in [0.05, 0.1) is 22.7 Å². The smallest absolute Gasteiger partial charge is 0.145 e. The van der Waals surface area contributed by atoms with Gasteiger partial charge in [0.25, 0.3) is 0 Å². The van der Waals surface area contributed by atoms with E-state index in [2.05, 4.69) is 5.32 Å². The van der Waals surface area contributed by atoms with Crippen LogP contribution in [0.4, 0.5) is 10.1 Å². The number of rotatable bonds is 4. The van der Waals surface area contributed by atoms with Crippen LogP contribution in [-0.2, 0) is 0 Å². The van der Waals surface area contributed by atoms with E-state index in [1.165, 1.54) is 6.07 Å². The zero-order chi connectivity index (χ0) is 11.4. The summed E-state index contributed by atoms with van der Waals surface area (Å²) in [6, 6.07) is 2.14. The van der Waals surface area contributed by atoms with Crippen molar-refractivity contribution in [1.29, 1.82) is 0 Å². The summed E-state index contributed by atoms with van der Waals surface area (Å²) >= 11 is 10.9. The Kier molecular flexibility index (Phi) is 4.45. The highest BCUT2D eigenvalue weighted by molar-refractivity contribution is 6.31. The molecule has 0 aliphatic heterocycles. The number of aromatic hydroxyl groups is 1. The number of hydrogen-bond acceptors (Lipinski definition) is 3. The van der Waals surface area contributed by atoms with E-state index in [0.29, 0.717) is 0 Å². The van der Waals surface area contributed by atoms with Crippen molar-refractivity contribution in [3.8, 4) is 5.75 Å². The molecule has 0 fully saturated rings. The second-order valence-electron chi connectivity index (χ2n) is 2.97. The van der Waals surface area contributed by atoms with Gasteiger partial charge < -0.3 is 15.5 Å². The van der Waals surface area contributed by atoms with Gasteiger partial charge in [-0.25, -0.2) is 4.39 Å². The molecule has 0 aliphatic carbocycles. The van der Waals surface area contributed by atoms with Crippen LogP contribution in [0.3, 0.4) is 0 Å². The van der Waals surface area contributed by atoms with Crippen LogP contribution in [0.15, 0.2) is 12.1 Å². The van der Waals surface area contributed by atoms with E-state index in [9.17, 15) is 9.50 Å². The maximum atomic E-state index is 12.8. The van der Waals surface area contributed by atoms with Crippen LogP contribution in [0.5, 0.6) is 5.75 Å². The molecule has 0 saturated carbocycles. The van der Waals surface area contributed by atoms with E-state index < -0.39 is 11.9 Å². The minimum Gasteiger partial charge on any atom is -0.506 e. The summed E-state index contributed by atoms with van der Waals surface area (Å²) in [6.45, 7) is 0.152. The van der Waals surface area contributed by atoms with Gasteiger partial charge in [-0.05, 0) is 6.07 Å². The maximum Gasteiger partial charge on any atom is 0.145 e. The number of aliphatic hydroxyl groups excluding tert-OH is 1. The van der Waals surface area contributed by atoms with Gasteiger partial charge in [-0.2, -0.15) is 0 Å². The molecule has 0 aromatic heterocycles. The van der Waals surface area contributed by atoms with E-state index in [4.69, 9.17) is 28.3 Å². The molecule has 0 heterocycles. The molecule has 84 valence electrons. The Morgan fingerprint density at radius 3 is 2.73 bits per heavy atom. The zero-order valence-electron chi connectivity index (χ0n) is 7.67. The molecule has 6 heteroatoms. The van der Waals surface area contributed by atoms with Gasteiger partial charge in [0, 0.05) is 12.6 Å². The van der Waals surface area contributed by atoms with Gasteiger partial charge in [0.1, 0.15) is 11.6 Å². The molecule has 0 bridgehead atoms. The average molecular weight is 254 g/mol. The molecule has 0 aliphatic rings. The Morgan fingerprint density at radius 2 is 2.13 bits per heavy atom. The first-order chi connectivity index (χ1) is 7.04. The molecule has 1 aromatic carbocycles. The molecule has 3 N–H and O–H groups in total. The van der Waals surface area contributed by atoms with E-state index in [1.54, 1.807) is 0 Å². The first kappa shape index (κ1) is 12.4. The molecule has 1 atom stereocenters. The summed E-state index contributed by atoms with van der Waals surface area (Å²) in [7, 11) is 0. The third-order valence-corrected chi connectivity index (χ3v) is 2.39. The van der Waals surface area contributed by atoms with Crippen molar-refractivity contribution >= 4 is 28.9 Å². The number of phenols is 1. The van der Waals surface area contributed by atoms with Crippen molar-refractivity contribution in [2.75, 3.05) is 17.7 Å². The van der Waals surface area contributed by atoms with Crippen LogP contribution in [0.2, 0.25) is 5.02 Å². The average Bonchev–Trinajstić information content (AvgIpc) is 2.21. The fourth-order valence-corrected chi connectivity index (χ4v) is 1.23. The van der Waals surface area contributed by atoms with Crippen molar-refractivity contribution < 1.29 is 14.6 Å². The third-order valence-electron chi connectivity index (χ3n) is 1.74. The number of aliphatic hydroxyl groups is 1. The number of anilines is 1. The molecule has 0 saturated heterocycles. The summed E-state index contributed by atoms with van der Waals surface area (Å²) in [6.07, 6.45) is -0.741. The summed E-state index contributed by atoms with van der Waals surface area (Å²) in [5.74, 6) is -0.890. The molecule has 1 unspecified atom stereocenters. The highest BCUT2D eigenvalue weighted by Gasteiger charge is 2.08. The molecule has 0 amide bonds. The van der Waals surface area contributed by atoms with Crippen molar-refractivity contribution in [3.05, 3.63) is 23.0 Å². The van der Waals surface area contributed by atoms with Crippen LogP contribution in [0, 0.1) is 5.82 Å². The zero-order valence-corrected chi connectivity index (χ0v) is 9.19. The quantitative estimate of drug-likeness (QED) is 0.570. The highest BCUT2D eigenvalue weighted by Crippen LogP contribution is 2.29. The molecular formula is C9H10Cl2FNO2. The van der Waals surface area contributed by atoms with Gasteiger partial charge in [0.2, 0.25) is 0 Å². The monoisotopic (exact) mass is 253 g/mol. The molecule has 1 aromatic rings. The Labute approximate surface area is 96.4 Å². The number of halogens is 3. The van der Waals surface area contributed by atoms with Crippen molar-refractivity contribution in [1.82, 2.24) is 0 Å². The molecule has 0 spiro atoms. The summed E-state index contributed by atoms with van der Waals surface area (Å²) in [4.78, 5) is 0. The summed E-state index contributed by atoms with van der Waals surface area (Å²) in [5.41, 5.74) is 0.255. The minimum atomic E-state index is -0.741. The van der Waals surface area contributed by atoms with Gasteiger partial charge in [-0.15, -0.1) is 11.6 Å². The molecule has 3 nitrogen and oxygen atoms in total. The Bertz CT molecular complexity index is 349. The van der Waals surface area contributed by atoms with Gasteiger partial charge in [0.15, 0.2) is 0 Å². The highest BCUT2D eigenvalue weighted by atomic mass is 35.5. The van der Waals surface area contributed by atoms with E-state index >= 15 is 0 Å². The maximum absolute atomic E-state index is 12.8. The largest absolute Gasteiger partial charge is 0.506 e. The Hall–Kier alpha value is -0.710. The minimum absolute atomic E-state index is 0.0721. The lowest BCUT2D eigenvalue weighted by molar-refractivity contribution is 0.211. The third kappa shape index (κ3) is 3.41. The number of nitrogens with one attached hydrogen (secondary N) is 1. The summed E-state index contributed by atoms with van der Waals surface area (Å²) in [5, 5.41) is 21.1. The van der Waals surface area contributed by atoms with Crippen LogP contribution in [0.1, 0.15) is 0 Å². The SMILES string of the molecule is Oc1cc(F)c(Cl)cc1NCC(O)CCl. The first-order valence-electron chi connectivity index (χ1n) is 4.20. The molecule has 15 heavy (non-hydrogen) atoms. The van der Waals surface area contributed by atoms with Crippen LogP contribution in [0.25, 0.3) is 0 Å². The van der Waals surface area contributed by atoms with Gasteiger partial charge in [-0.1, -0.05) is 11.6 Å². The van der Waals surface area contributed by atoms with E-state index in [-0.39, 0.29) is 28.9 Å². The van der Waals surface area contributed by atoms with Crippen molar-refractivity contribution in [3.63, 3.8) is 0 Å².